The van der Waals surface area contributed by atoms with E-state index in [4.69, 9.17) is 4.52 Å². The summed E-state index contributed by atoms with van der Waals surface area (Å²) in [6.45, 7) is 6.55. The third-order valence-corrected chi connectivity index (χ3v) is 7.15. The summed E-state index contributed by atoms with van der Waals surface area (Å²) in [5.74, 6) is -0.0668. The molecule has 31 heavy (non-hydrogen) atoms. The largest absolute Gasteiger partial charge is 0.355 e. The van der Waals surface area contributed by atoms with Crippen LogP contribution < -0.4 is 5.32 Å². The number of piperidine rings is 1. The summed E-state index contributed by atoms with van der Waals surface area (Å²) in [7, 11) is -3.29. The van der Waals surface area contributed by atoms with Gasteiger partial charge in [0.1, 0.15) is 0 Å². The van der Waals surface area contributed by atoms with E-state index in [-0.39, 0.29) is 40.1 Å². The van der Waals surface area contributed by atoms with E-state index in [1.807, 2.05) is 20.8 Å². The number of rotatable bonds is 7. The van der Waals surface area contributed by atoms with E-state index in [9.17, 15) is 18.0 Å². The van der Waals surface area contributed by atoms with Crippen molar-refractivity contribution in [2.24, 2.45) is 5.92 Å². The molecule has 1 aromatic carbocycles. The van der Waals surface area contributed by atoms with Crippen LogP contribution in [0.2, 0.25) is 0 Å². The fourth-order valence-electron chi connectivity index (χ4n) is 3.67. The van der Waals surface area contributed by atoms with E-state index in [2.05, 4.69) is 10.5 Å². The molecule has 1 saturated heterocycles. The lowest BCUT2D eigenvalue weighted by Gasteiger charge is -2.31. The lowest BCUT2D eigenvalue weighted by molar-refractivity contribution is -0.126. The number of aromatic nitrogens is 1. The minimum Gasteiger partial charge on any atom is -0.355 e. The Hall–Kier alpha value is -2.68. The number of carbonyl (C=O) groups is 2. The number of hydrogen-bond donors (Lipinski definition) is 1. The molecule has 8 nitrogen and oxygen atoms in total. The molecule has 0 bridgehead atoms. The Balaban J connectivity index is 1.70. The first kappa shape index (κ1) is 23.0. The molecule has 1 unspecified atom stereocenters. The van der Waals surface area contributed by atoms with Crippen LogP contribution in [0.25, 0.3) is 11.3 Å². The molecule has 0 saturated carbocycles. The van der Waals surface area contributed by atoms with Crippen LogP contribution in [0.1, 0.15) is 50.5 Å². The van der Waals surface area contributed by atoms with Gasteiger partial charge in [0.2, 0.25) is 5.91 Å². The molecule has 1 aliphatic heterocycles. The van der Waals surface area contributed by atoms with E-state index < -0.39 is 9.84 Å². The topological polar surface area (TPSA) is 110 Å². The van der Waals surface area contributed by atoms with Gasteiger partial charge in [-0.25, -0.2) is 8.42 Å². The van der Waals surface area contributed by atoms with Crippen LogP contribution in [0.15, 0.2) is 39.8 Å². The van der Waals surface area contributed by atoms with Gasteiger partial charge in [0, 0.05) is 30.8 Å². The SMILES string of the molecule is CCCS(=O)(=O)c1ccc(-c2cc(C(=O)N3CCCC(C(=O)NC(C)C)C3)no2)cc1. The highest BCUT2D eigenvalue weighted by Gasteiger charge is 2.30. The third-order valence-electron chi connectivity index (χ3n) is 5.21. The van der Waals surface area contributed by atoms with E-state index in [0.29, 0.717) is 30.8 Å². The first-order chi connectivity index (χ1) is 14.7. The average molecular weight is 448 g/mol. The van der Waals surface area contributed by atoms with Crippen molar-refractivity contribution in [3.63, 3.8) is 0 Å². The molecule has 1 fully saturated rings. The van der Waals surface area contributed by atoms with Gasteiger partial charge >= 0.3 is 0 Å². The Morgan fingerprint density at radius 3 is 2.61 bits per heavy atom. The second-order valence-corrected chi connectivity index (χ2v) is 10.3. The molecule has 2 amide bonds. The normalized spacial score (nSPS) is 17.0. The second-order valence-electron chi connectivity index (χ2n) is 8.17. The molecule has 2 heterocycles. The van der Waals surface area contributed by atoms with Crippen molar-refractivity contribution in [1.29, 1.82) is 0 Å². The summed E-state index contributed by atoms with van der Waals surface area (Å²) < 4.78 is 29.7. The van der Waals surface area contributed by atoms with E-state index in [0.717, 1.165) is 12.8 Å². The standard InChI is InChI=1S/C22H29N3O5S/c1-4-12-31(28,29)18-9-7-16(8-10-18)20-13-19(24-30-20)22(27)25-11-5-6-17(14-25)21(26)23-15(2)3/h7-10,13,15,17H,4-6,11-12,14H2,1-3H3,(H,23,26). The van der Waals surface area contributed by atoms with Crippen LogP contribution >= 0.6 is 0 Å². The highest BCUT2D eigenvalue weighted by Crippen LogP contribution is 2.25. The second kappa shape index (κ2) is 9.64. The van der Waals surface area contributed by atoms with E-state index in [1.165, 1.54) is 12.1 Å². The van der Waals surface area contributed by atoms with Gasteiger partial charge in [-0.1, -0.05) is 12.1 Å². The molecule has 2 aromatic rings. The van der Waals surface area contributed by atoms with Gasteiger partial charge in [-0.15, -0.1) is 0 Å². The van der Waals surface area contributed by atoms with Crippen molar-refractivity contribution < 1.29 is 22.5 Å². The molecule has 0 spiro atoms. The number of carbonyl (C=O) groups excluding carboxylic acids is 2. The maximum atomic E-state index is 12.9. The molecule has 0 radical (unpaired) electrons. The Labute approximate surface area is 182 Å². The minimum atomic E-state index is -3.29. The number of sulfone groups is 1. The van der Waals surface area contributed by atoms with Crippen molar-refractivity contribution in [3.05, 3.63) is 36.0 Å². The first-order valence-corrected chi connectivity index (χ1v) is 12.3. The van der Waals surface area contributed by atoms with Crippen LogP contribution in [0.5, 0.6) is 0 Å². The Morgan fingerprint density at radius 1 is 1.26 bits per heavy atom. The van der Waals surface area contributed by atoms with Crippen LogP contribution in [0.4, 0.5) is 0 Å². The van der Waals surface area contributed by atoms with Gasteiger partial charge in [0.15, 0.2) is 21.3 Å². The summed E-state index contributed by atoms with van der Waals surface area (Å²) in [6.07, 6.45) is 2.05. The van der Waals surface area contributed by atoms with Gasteiger partial charge in [-0.05, 0) is 57.4 Å². The average Bonchev–Trinajstić information content (AvgIpc) is 3.23. The summed E-state index contributed by atoms with van der Waals surface area (Å²) in [5, 5.41) is 6.81. The quantitative estimate of drug-likeness (QED) is 0.699. The van der Waals surface area contributed by atoms with Gasteiger partial charge in [0.25, 0.3) is 5.91 Å². The van der Waals surface area contributed by atoms with Crippen LogP contribution in [-0.4, -0.2) is 55.2 Å². The zero-order valence-electron chi connectivity index (χ0n) is 18.1. The van der Waals surface area contributed by atoms with Gasteiger partial charge in [0.05, 0.1) is 16.6 Å². The summed E-state index contributed by atoms with van der Waals surface area (Å²) in [5.41, 5.74) is 0.803. The maximum absolute atomic E-state index is 12.9. The summed E-state index contributed by atoms with van der Waals surface area (Å²) in [4.78, 5) is 27.1. The molecule has 1 atom stereocenters. The molecule has 168 valence electrons. The number of nitrogens with one attached hydrogen (secondary N) is 1. The highest BCUT2D eigenvalue weighted by molar-refractivity contribution is 7.91. The molecule has 1 aliphatic rings. The molecule has 9 heteroatoms. The Morgan fingerprint density at radius 2 is 1.97 bits per heavy atom. The zero-order chi connectivity index (χ0) is 22.6. The van der Waals surface area contributed by atoms with Crippen LogP contribution in [0.3, 0.4) is 0 Å². The number of benzene rings is 1. The van der Waals surface area contributed by atoms with Crippen molar-refractivity contribution in [2.45, 2.75) is 51.0 Å². The number of amides is 2. The van der Waals surface area contributed by atoms with Crippen molar-refractivity contribution >= 4 is 21.7 Å². The smallest absolute Gasteiger partial charge is 0.276 e. The lowest BCUT2D eigenvalue weighted by Crippen LogP contribution is -2.46. The van der Waals surface area contributed by atoms with Crippen molar-refractivity contribution in [3.8, 4) is 11.3 Å². The van der Waals surface area contributed by atoms with Crippen LogP contribution in [0, 0.1) is 5.92 Å². The van der Waals surface area contributed by atoms with Crippen molar-refractivity contribution in [1.82, 2.24) is 15.4 Å². The van der Waals surface area contributed by atoms with E-state index in [1.54, 1.807) is 23.1 Å². The van der Waals surface area contributed by atoms with E-state index >= 15 is 0 Å². The molecule has 1 N–H and O–H groups in total. The summed E-state index contributed by atoms with van der Waals surface area (Å²) >= 11 is 0. The van der Waals surface area contributed by atoms with Crippen molar-refractivity contribution in [2.75, 3.05) is 18.8 Å². The van der Waals surface area contributed by atoms with Gasteiger partial charge in [-0.3, -0.25) is 9.59 Å². The Kier molecular flexibility index (Phi) is 7.15. The predicted molar refractivity (Wildman–Crippen MR) is 116 cm³/mol. The number of nitrogens with zero attached hydrogens (tertiary/aromatic N) is 2. The maximum Gasteiger partial charge on any atom is 0.276 e. The molecule has 0 aliphatic carbocycles. The minimum absolute atomic E-state index is 0.0357. The zero-order valence-corrected chi connectivity index (χ0v) is 18.9. The molecular weight excluding hydrogens is 418 g/mol. The highest BCUT2D eigenvalue weighted by atomic mass is 32.2. The fourth-order valence-corrected chi connectivity index (χ4v) is 4.99. The molecule has 3 rings (SSSR count). The van der Waals surface area contributed by atoms with Gasteiger partial charge < -0.3 is 14.7 Å². The first-order valence-electron chi connectivity index (χ1n) is 10.6. The number of hydrogen-bond acceptors (Lipinski definition) is 6. The van der Waals surface area contributed by atoms with Crippen LogP contribution in [-0.2, 0) is 14.6 Å². The Bertz CT molecular complexity index is 1030. The summed E-state index contributed by atoms with van der Waals surface area (Å²) in [6, 6.07) is 7.96. The fraction of sp³-hybridized carbons (Fsp3) is 0.500. The predicted octanol–water partition coefficient (Wildman–Crippen LogP) is 2.90. The number of likely N-dealkylation sites (tertiary alicyclic amines) is 1. The molecule has 1 aromatic heterocycles. The third kappa shape index (κ3) is 5.52. The molecular formula is C22H29N3O5S. The lowest BCUT2D eigenvalue weighted by atomic mass is 9.96. The van der Waals surface area contributed by atoms with Gasteiger partial charge in [-0.2, -0.15) is 0 Å². The monoisotopic (exact) mass is 447 g/mol.